The maximum absolute atomic E-state index is 12.6. The van der Waals surface area contributed by atoms with Gasteiger partial charge in [-0.2, -0.15) is 0 Å². The fourth-order valence-corrected chi connectivity index (χ4v) is 10.3. The quantitative estimate of drug-likeness (QED) is 0.302. The zero-order chi connectivity index (χ0) is 28.4. The number of esters is 2. The van der Waals surface area contributed by atoms with E-state index < -0.39 is 0 Å². The van der Waals surface area contributed by atoms with E-state index in [1.54, 1.807) is 0 Å². The molecule has 0 radical (unpaired) electrons. The Hall–Kier alpha value is -1.06. The average Bonchev–Trinajstić information content (AvgIpc) is 3.71. The van der Waals surface area contributed by atoms with Gasteiger partial charge in [0.05, 0.1) is 10.8 Å². The van der Waals surface area contributed by atoms with Gasteiger partial charge < -0.3 is 9.47 Å². The Morgan fingerprint density at radius 2 is 1.15 bits per heavy atom. The molecule has 0 aromatic heterocycles. The van der Waals surface area contributed by atoms with Crippen molar-refractivity contribution in [3.05, 3.63) is 0 Å². The molecule has 6 saturated carbocycles. The number of ether oxygens (including phenoxy) is 2. The van der Waals surface area contributed by atoms with E-state index in [-0.39, 0.29) is 34.0 Å². The number of hydrogen-bond acceptors (Lipinski definition) is 4. The molecule has 10 unspecified atom stereocenters. The summed E-state index contributed by atoms with van der Waals surface area (Å²) in [5.74, 6) is 6.62. The molecule has 0 spiro atoms. The van der Waals surface area contributed by atoms with Crippen LogP contribution in [0.4, 0.5) is 0 Å². The second-order valence-electron chi connectivity index (χ2n) is 16.1. The summed E-state index contributed by atoms with van der Waals surface area (Å²) in [7, 11) is 0. The van der Waals surface area contributed by atoms with Crippen LogP contribution >= 0.6 is 0 Å². The Balaban J connectivity index is 0.000000158. The Bertz CT molecular complexity index is 937. The minimum atomic E-state index is -0.334. The van der Waals surface area contributed by atoms with Crippen molar-refractivity contribution in [2.45, 2.75) is 150 Å². The molecule has 222 valence electrons. The van der Waals surface area contributed by atoms with Gasteiger partial charge in [-0.25, -0.2) is 0 Å². The standard InChI is InChI=1S/C18H30O2.C17H28O2/c1-5-17(3,4)16(19)20-18(6-2)11-12-10-15(18)14-9-7-8-13(12)14;1-5-16(2,3)15(18)19-17(4)10-11-9-14(17)13-8-6-7-12(11)13/h12-15H,5-11H2,1-4H3;11-14H,5-10H2,1-4H3. The summed E-state index contributed by atoms with van der Waals surface area (Å²) in [6.45, 7) is 16.6. The summed E-state index contributed by atoms with van der Waals surface area (Å²) in [5, 5.41) is 0. The molecule has 6 aliphatic rings. The summed E-state index contributed by atoms with van der Waals surface area (Å²) in [6, 6.07) is 0. The summed E-state index contributed by atoms with van der Waals surface area (Å²) in [6.07, 6.45) is 16.0. The van der Waals surface area contributed by atoms with E-state index in [1.165, 1.54) is 51.4 Å². The van der Waals surface area contributed by atoms with Crippen LogP contribution in [0.3, 0.4) is 0 Å². The lowest BCUT2D eigenvalue weighted by Gasteiger charge is -2.43. The Morgan fingerprint density at radius 1 is 0.692 bits per heavy atom. The molecule has 6 rings (SSSR count). The van der Waals surface area contributed by atoms with Gasteiger partial charge in [-0.15, -0.1) is 0 Å². The summed E-state index contributed by atoms with van der Waals surface area (Å²) in [4.78, 5) is 25.0. The molecule has 0 aliphatic heterocycles. The largest absolute Gasteiger partial charge is 0.459 e. The van der Waals surface area contributed by atoms with E-state index in [0.717, 1.165) is 67.6 Å². The van der Waals surface area contributed by atoms with Gasteiger partial charge in [0.2, 0.25) is 0 Å². The van der Waals surface area contributed by atoms with Crippen molar-refractivity contribution in [1.29, 1.82) is 0 Å². The molecule has 10 atom stereocenters. The second kappa shape index (κ2) is 10.3. The van der Waals surface area contributed by atoms with E-state index >= 15 is 0 Å². The van der Waals surface area contributed by atoms with Crippen LogP contribution in [0, 0.1) is 58.2 Å². The summed E-state index contributed by atoms with van der Waals surface area (Å²) in [5.41, 5.74) is -0.960. The van der Waals surface area contributed by atoms with E-state index in [9.17, 15) is 9.59 Å². The van der Waals surface area contributed by atoms with Crippen LogP contribution in [0.2, 0.25) is 0 Å². The van der Waals surface area contributed by atoms with Gasteiger partial charge in [-0.05, 0) is 141 Å². The molecule has 4 heteroatoms. The highest BCUT2D eigenvalue weighted by atomic mass is 16.6. The van der Waals surface area contributed by atoms with Crippen LogP contribution in [0.5, 0.6) is 0 Å². The molecular formula is C35H58O4. The predicted molar refractivity (Wildman–Crippen MR) is 156 cm³/mol. The van der Waals surface area contributed by atoms with Gasteiger partial charge in [0.15, 0.2) is 0 Å². The Morgan fingerprint density at radius 3 is 1.69 bits per heavy atom. The average molecular weight is 543 g/mol. The van der Waals surface area contributed by atoms with E-state index in [0.29, 0.717) is 11.8 Å². The third-order valence-corrected chi connectivity index (χ3v) is 13.4. The van der Waals surface area contributed by atoms with Crippen molar-refractivity contribution >= 4 is 11.9 Å². The summed E-state index contributed by atoms with van der Waals surface area (Å²) >= 11 is 0. The van der Waals surface area contributed by atoms with Crippen LogP contribution < -0.4 is 0 Å². The zero-order valence-corrected chi connectivity index (χ0v) is 26.4. The van der Waals surface area contributed by atoms with Crippen LogP contribution in [-0.2, 0) is 19.1 Å². The van der Waals surface area contributed by atoms with Gasteiger partial charge in [0, 0.05) is 11.8 Å². The molecule has 4 bridgehead atoms. The van der Waals surface area contributed by atoms with Gasteiger partial charge in [-0.3, -0.25) is 9.59 Å². The smallest absolute Gasteiger partial charge is 0.312 e. The highest BCUT2D eigenvalue weighted by molar-refractivity contribution is 5.76. The fraction of sp³-hybridized carbons (Fsp3) is 0.943. The minimum Gasteiger partial charge on any atom is -0.459 e. The lowest BCUT2D eigenvalue weighted by atomic mass is 9.71. The highest BCUT2D eigenvalue weighted by Gasteiger charge is 2.63. The first-order chi connectivity index (χ1) is 18.3. The van der Waals surface area contributed by atoms with Gasteiger partial charge in [0.25, 0.3) is 0 Å². The number of carbonyl (C=O) groups is 2. The third-order valence-electron chi connectivity index (χ3n) is 13.4. The first-order valence-electron chi connectivity index (χ1n) is 16.8. The second-order valence-corrected chi connectivity index (χ2v) is 16.1. The molecule has 0 amide bonds. The van der Waals surface area contributed by atoms with Crippen molar-refractivity contribution in [2.24, 2.45) is 58.2 Å². The fourth-order valence-electron chi connectivity index (χ4n) is 10.3. The molecule has 0 heterocycles. The third kappa shape index (κ3) is 4.90. The molecule has 6 fully saturated rings. The topological polar surface area (TPSA) is 52.6 Å². The number of fused-ring (bicyclic) bond motifs is 10. The van der Waals surface area contributed by atoms with Crippen molar-refractivity contribution in [3.63, 3.8) is 0 Å². The number of hydrogen-bond donors (Lipinski definition) is 0. The lowest BCUT2D eigenvalue weighted by molar-refractivity contribution is -0.181. The normalized spacial score (nSPS) is 43.6. The first kappa shape index (κ1) is 29.4. The molecular weight excluding hydrogens is 484 g/mol. The molecule has 39 heavy (non-hydrogen) atoms. The van der Waals surface area contributed by atoms with Crippen LogP contribution in [0.15, 0.2) is 0 Å². The molecule has 4 nitrogen and oxygen atoms in total. The van der Waals surface area contributed by atoms with Gasteiger partial charge in [-0.1, -0.05) is 33.6 Å². The zero-order valence-electron chi connectivity index (χ0n) is 26.4. The summed E-state index contributed by atoms with van der Waals surface area (Å²) < 4.78 is 12.3. The number of carbonyl (C=O) groups excluding carboxylic acids is 2. The Labute approximate surface area is 239 Å². The molecule has 0 saturated heterocycles. The minimum absolute atomic E-state index is 0.0135. The molecule has 6 aliphatic carbocycles. The monoisotopic (exact) mass is 542 g/mol. The highest BCUT2D eigenvalue weighted by Crippen LogP contribution is 2.65. The van der Waals surface area contributed by atoms with Crippen molar-refractivity contribution in [1.82, 2.24) is 0 Å². The lowest BCUT2D eigenvalue weighted by Crippen LogP contribution is -2.47. The molecule has 0 N–H and O–H groups in total. The van der Waals surface area contributed by atoms with Crippen molar-refractivity contribution in [2.75, 3.05) is 0 Å². The number of rotatable bonds is 7. The van der Waals surface area contributed by atoms with E-state index in [4.69, 9.17) is 9.47 Å². The van der Waals surface area contributed by atoms with Crippen molar-refractivity contribution < 1.29 is 19.1 Å². The van der Waals surface area contributed by atoms with Gasteiger partial charge in [0.1, 0.15) is 11.2 Å². The van der Waals surface area contributed by atoms with Crippen LogP contribution in [0.25, 0.3) is 0 Å². The molecule has 0 aromatic carbocycles. The Kier molecular flexibility index (Phi) is 7.80. The van der Waals surface area contributed by atoms with Crippen molar-refractivity contribution in [3.8, 4) is 0 Å². The molecule has 0 aromatic rings. The maximum atomic E-state index is 12.6. The first-order valence-corrected chi connectivity index (χ1v) is 16.8. The van der Waals surface area contributed by atoms with Crippen LogP contribution in [-0.4, -0.2) is 23.1 Å². The van der Waals surface area contributed by atoms with Crippen LogP contribution in [0.1, 0.15) is 139 Å². The SMILES string of the molecule is CCC(C)(C)C(=O)OC1(C)CC2CC1C1CCCC21.CCC(C)(C)C(=O)OC1(CC)CC2CC1C1CCCC21. The van der Waals surface area contributed by atoms with E-state index in [2.05, 4.69) is 27.7 Å². The predicted octanol–water partition coefficient (Wildman–Crippen LogP) is 8.75. The maximum Gasteiger partial charge on any atom is 0.312 e. The van der Waals surface area contributed by atoms with E-state index in [1.807, 2.05) is 27.7 Å². The van der Waals surface area contributed by atoms with Gasteiger partial charge >= 0.3 is 11.9 Å².